The SMILES string of the molecule is CN(C(=O)N(C)[C@H]1CCS(=O)(=O)C1)C(C1CC1)C1CC1. The first kappa shape index (κ1) is 14.2. The molecule has 2 aliphatic carbocycles. The lowest BCUT2D eigenvalue weighted by molar-refractivity contribution is 0.132. The second kappa shape index (κ2) is 4.90. The van der Waals surface area contributed by atoms with Crippen molar-refractivity contribution in [1.29, 1.82) is 0 Å². The molecule has 2 saturated carbocycles. The van der Waals surface area contributed by atoms with Crippen molar-refractivity contribution in [2.24, 2.45) is 11.8 Å². The molecule has 114 valence electrons. The van der Waals surface area contributed by atoms with E-state index in [0.29, 0.717) is 24.3 Å². The Labute approximate surface area is 121 Å². The van der Waals surface area contributed by atoms with Crippen LogP contribution in [0.2, 0.25) is 0 Å². The minimum atomic E-state index is -2.94. The van der Waals surface area contributed by atoms with Crippen LogP contribution in [-0.2, 0) is 9.84 Å². The molecular formula is C14H24N2O3S. The van der Waals surface area contributed by atoms with Gasteiger partial charge in [0.1, 0.15) is 0 Å². The van der Waals surface area contributed by atoms with Crippen molar-refractivity contribution in [2.45, 2.75) is 44.2 Å². The Hall–Kier alpha value is -0.780. The van der Waals surface area contributed by atoms with Crippen LogP contribution in [0.25, 0.3) is 0 Å². The number of carbonyl (C=O) groups is 1. The molecule has 5 nitrogen and oxygen atoms in total. The summed E-state index contributed by atoms with van der Waals surface area (Å²) in [6.45, 7) is 0. The minimum Gasteiger partial charge on any atom is -0.324 e. The summed E-state index contributed by atoms with van der Waals surface area (Å²) in [6, 6.07) is 0.230. The van der Waals surface area contributed by atoms with Gasteiger partial charge in [0.2, 0.25) is 0 Å². The highest BCUT2D eigenvalue weighted by Crippen LogP contribution is 2.47. The highest BCUT2D eigenvalue weighted by Gasteiger charge is 2.46. The largest absolute Gasteiger partial charge is 0.324 e. The number of urea groups is 1. The number of nitrogens with zero attached hydrogens (tertiary/aromatic N) is 2. The standard InChI is InChI=1S/C14H24N2O3S/c1-15(12-7-8-20(18,19)9-12)14(17)16(2)13(10-3-4-10)11-5-6-11/h10-13H,3-9H2,1-2H3/t12-/m0/s1. The summed E-state index contributed by atoms with van der Waals surface area (Å²) >= 11 is 0. The summed E-state index contributed by atoms with van der Waals surface area (Å²) in [5.74, 6) is 1.70. The predicted molar refractivity (Wildman–Crippen MR) is 77.2 cm³/mol. The van der Waals surface area contributed by atoms with Gasteiger partial charge in [0.25, 0.3) is 0 Å². The molecule has 1 atom stereocenters. The molecular weight excluding hydrogens is 276 g/mol. The molecule has 3 aliphatic rings. The van der Waals surface area contributed by atoms with Crippen molar-refractivity contribution in [1.82, 2.24) is 9.80 Å². The number of amides is 2. The number of rotatable bonds is 4. The molecule has 1 aliphatic heterocycles. The Morgan fingerprint density at radius 3 is 2.00 bits per heavy atom. The molecule has 0 spiro atoms. The molecule has 3 rings (SSSR count). The molecule has 6 heteroatoms. The quantitative estimate of drug-likeness (QED) is 0.787. The summed E-state index contributed by atoms with van der Waals surface area (Å²) in [6.07, 6.45) is 5.52. The Morgan fingerprint density at radius 1 is 1.05 bits per heavy atom. The molecule has 1 heterocycles. The first-order valence-electron chi connectivity index (χ1n) is 7.59. The van der Waals surface area contributed by atoms with E-state index in [1.807, 2.05) is 11.9 Å². The van der Waals surface area contributed by atoms with Crippen LogP contribution in [0.15, 0.2) is 0 Å². The number of sulfone groups is 1. The lowest BCUT2D eigenvalue weighted by Gasteiger charge is -2.34. The van der Waals surface area contributed by atoms with Gasteiger partial charge >= 0.3 is 6.03 Å². The van der Waals surface area contributed by atoms with Crippen molar-refractivity contribution in [3.05, 3.63) is 0 Å². The molecule has 0 aromatic heterocycles. The maximum absolute atomic E-state index is 12.6. The van der Waals surface area contributed by atoms with Gasteiger partial charge in [-0.15, -0.1) is 0 Å². The summed E-state index contributed by atoms with van der Waals surface area (Å²) < 4.78 is 23.1. The summed E-state index contributed by atoms with van der Waals surface area (Å²) in [5, 5.41) is 0. The van der Waals surface area contributed by atoms with Gasteiger partial charge in [0.05, 0.1) is 11.5 Å². The third-order valence-electron chi connectivity index (χ3n) is 5.02. The predicted octanol–water partition coefficient (Wildman–Crippen LogP) is 1.35. The van der Waals surface area contributed by atoms with Crippen LogP contribution in [0.4, 0.5) is 4.79 Å². The first-order chi connectivity index (χ1) is 9.39. The van der Waals surface area contributed by atoms with Gasteiger partial charge in [-0.25, -0.2) is 13.2 Å². The fourth-order valence-electron chi connectivity index (χ4n) is 3.51. The van der Waals surface area contributed by atoms with E-state index < -0.39 is 9.84 Å². The monoisotopic (exact) mass is 300 g/mol. The van der Waals surface area contributed by atoms with E-state index in [0.717, 1.165) is 0 Å². The summed E-state index contributed by atoms with van der Waals surface area (Å²) in [4.78, 5) is 16.1. The summed E-state index contributed by atoms with van der Waals surface area (Å²) in [7, 11) is 0.703. The van der Waals surface area contributed by atoms with E-state index >= 15 is 0 Å². The maximum Gasteiger partial charge on any atom is 0.320 e. The van der Waals surface area contributed by atoms with Crippen LogP contribution < -0.4 is 0 Å². The zero-order valence-electron chi connectivity index (χ0n) is 12.3. The number of hydrogen-bond donors (Lipinski definition) is 0. The highest BCUT2D eigenvalue weighted by atomic mass is 32.2. The second-order valence-electron chi connectivity index (χ2n) is 6.73. The summed E-state index contributed by atoms with van der Waals surface area (Å²) in [5.41, 5.74) is 0. The second-order valence-corrected chi connectivity index (χ2v) is 8.96. The molecule has 0 N–H and O–H groups in total. The molecule has 0 unspecified atom stereocenters. The van der Waals surface area contributed by atoms with Crippen LogP contribution in [0.1, 0.15) is 32.1 Å². The van der Waals surface area contributed by atoms with Crippen molar-refractivity contribution >= 4 is 15.9 Å². The topological polar surface area (TPSA) is 57.7 Å². The van der Waals surface area contributed by atoms with Crippen molar-refractivity contribution in [3.63, 3.8) is 0 Å². The van der Waals surface area contributed by atoms with E-state index in [1.54, 1.807) is 11.9 Å². The molecule has 2 amide bonds. The average molecular weight is 300 g/mol. The molecule has 3 fully saturated rings. The highest BCUT2D eigenvalue weighted by molar-refractivity contribution is 7.91. The Kier molecular flexibility index (Phi) is 3.47. The van der Waals surface area contributed by atoms with Crippen molar-refractivity contribution in [2.75, 3.05) is 25.6 Å². The third-order valence-corrected chi connectivity index (χ3v) is 6.77. The van der Waals surface area contributed by atoms with Gasteiger partial charge in [0, 0.05) is 26.2 Å². The van der Waals surface area contributed by atoms with E-state index in [4.69, 9.17) is 0 Å². The van der Waals surface area contributed by atoms with Crippen LogP contribution in [0, 0.1) is 11.8 Å². The third kappa shape index (κ3) is 2.80. The fraction of sp³-hybridized carbons (Fsp3) is 0.929. The van der Waals surface area contributed by atoms with Gasteiger partial charge in [0.15, 0.2) is 9.84 Å². The molecule has 0 aromatic carbocycles. The Bertz CT molecular complexity index is 485. The zero-order valence-corrected chi connectivity index (χ0v) is 13.1. The lowest BCUT2D eigenvalue weighted by Crippen LogP contribution is -2.50. The Morgan fingerprint density at radius 2 is 1.60 bits per heavy atom. The van der Waals surface area contributed by atoms with Gasteiger partial charge in [-0.1, -0.05) is 0 Å². The first-order valence-corrected chi connectivity index (χ1v) is 9.41. The minimum absolute atomic E-state index is 0.00380. The van der Waals surface area contributed by atoms with Gasteiger partial charge < -0.3 is 9.80 Å². The van der Waals surface area contributed by atoms with Crippen LogP contribution in [0.3, 0.4) is 0 Å². The van der Waals surface area contributed by atoms with E-state index in [-0.39, 0.29) is 23.6 Å². The van der Waals surface area contributed by atoms with Crippen LogP contribution in [-0.4, -0.2) is 61.9 Å². The lowest BCUT2D eigenvalue weighted by atomic mass is 10.1. The van der Waals surface area contributed by atoms with Crippen molar-refractivity contribution in [3.8, 4) is 0 Å². The zero-order chi connectivity index (χ0) is 14.5. The van der Waals surface area contributed by atoms with Gasteiger partial charge in [-0.3, -0.25) is 0 Å². The average Bonchev–Trinajstić information content (AvgIpc) is 3.29. The van der Waals surface area contributed by atoms with Gasteiger partial charge in [-0.05, 0) is 43.9 Å². The molecule has 0 radical (unpaired) electrons. The normalized spacial score (nSPS) is 28.6. The van der Waals surface area contributed by atoms with Crippen LogP contribution >= 0.6 is 0 Å². The van der Waals surface area contributed by atoms with Crippen LogP contribution in [0.5, 0.6) is 0 Å². The maximum atomic E-state index is 12.6. The van der Waals surface area contributed by atoms with Gasteiger partial charge in [-0.2, -0.15) is 0 Å². The van der Waals surface area contributed by atoms with E-state index in [1.165, 1.54) is 25.7 Å². The fourth-order valence-corrected chi connectivity index (χ4v) is 5.28. The molecule has 20 heavy (non-hydrogen) atoms. The van der Waals surface area contributed by atoms with E-state index in [9.17, 15) is 13.2 Å². The molecule has 0 bridgehead atoms. The number of hydrogen-bond acceptors (Lipinski definition) is 3. The van der Waals surface area contributed by atoms with E-state index in [2.05, 4.69) is 0 Å². The molecule has 1 saturated heterocycles. The smallest absolute Gasteiger partial charge is 0.320 e. The Balaban J connectivity index is 1.65. The number of carbonyl (C=O) groups excluding carboxylic acids is 1. The molecule has 0 aromatic rings. The van der Waals surface area contributed by atoms with Crippen molar-refractivity contribution < 1.29 is 13.2 Å².